The molecule has 0 aromatic rings. The van der Waals surface area contributed by atoms with Crippen molar-refractivity contribution in [3.63, 3.8) is 0 Å². The zero-order valence-electron chi connectivity index (χ0n) is 8.44. The van der Waals surface area contributed by atoms with Crippen LogP contribution in [-0.2, 0) is 13.9 Å². The zero-order chi connectivity index (χ0) is 12.4. The van der Waals surface area contributed by atoms with Crippen LogP contribution in [0.4, 0.5) is 0 Å². The van der Waals surface area contributed by atoms with Crippen LogP contribution in [0.3, 0.4) is 0 Å². The number of rotatable bonds is 4. The maximum Gasteiger partial charge on any atom is 0.111 e. The van der Waals surface area contributed by atoms with Gasteiger partial charge in [0.05, 0.1) is 6.10 Å². The topological polar surface area (TPSA) is 136 Å². The zero-order valence-corrected chi connectivity index (χ0v) is 10.2. The third-order valence-corrected chi connectivity index (χ3v) is 5.43. The Morgan fingerprint density at radius 2 is 1.38 bits per heavy atom. The van der Waals surface area contributed by atoms with Crippen molar-refractivity contribution in [2.24, 2.45) is 0 Å². The number of ether oxygens (including phenoxy) is 1. The molecule has 1 saturated carbocycles. The normalized spacial score (nSPS) is 20.3. The minimum atomic E-state index is -5.57. The third-order valence-electron chi connectivity index (χ3n) is 2.41. The van der Waals surface area contributed by atoms with Gasteiger partial charge in [0, 0.05) is 0 Å². The predicted molar refractivity (Wildman–Crippen MR) is 47.0 cm³/mol. The van der Waals surface area contributed by atoms with E-state index in [1.54, 1.807) is 0 Å². The van der Waals surface area contributed by atoms with Crippen molar-refractivity contribution < 1.29 is 33.4 Å². The van der Waals surface area contributed by atoms with Crippen molar-refractivity contribution >= 4 is 15.2 Å². The summed E-state index contributed by atoms with van der Waals surface area (Å²) in [5.74, 6) is 0. The Bertz CT molecular complexity index is 291. The highest BCUT2D eigenvalue weighted by Crippen LogP contribution is 2.51. The van der Waals surface area contributed by atoms with Crippen molar-refractivity contribution in [3.8, 4) is 0 Å². The molecular weight excluding hydrogens is 258 g/mol. The first-order valence-corrected chi connectivity index (χ1v) is 8.12. The van der Waals surface area contributed by atoms with Gasteiger partial charge in [0.1, 0.15) is 5.59 Å². The van der Waals surface area contributed by atoms with Crippen LogP contribution < -0.4 is 19.6 Å². The fourth-order valence-corrected chi connectivity index (χ4v) is 3.72. The van der Waals surface area contributed by atoms with E-state index in [-0.39, 0.29) is 0 Å². The standard InChI is InChI=1S/C7H16O7P2/c8-15(9,10)7(16(11,12)13)14-6-4-2-1-3-5-6/h6-7H,1-5H2,(H2,8,9,10)(H2,11,12,13)/p-4. The lowest BCUT2D eigenvalue weighted by Gasteiger charge is -2.49. The van der Waals surface area contributed by atoms with E-state index in [4.69, 9.17) is 0 Å². The third kappa shape index (κ3) is 4.26. The molecule has 96 valence electrons. The van der Waals surface area contributed by atoms with Gasteiger partial charge in [-0.1, -0.05) is 19.3 Å². The largest absolute Gasteiger partial charge is 0.809 e. The van der Waals surface area contributed by atoms with Gasteiger partial charge in [-0.25, -0.2) is 0 Å². The Morgan fingerprint density at radius 1 is 0.938 bits per heavy atom. The highest BCUT2D eigenvalue weighted by atomic mass is 31.2. The van der Waals surface area contributed by atoms with E-state index in [0.717, 1.165) is 19.3 Å². The maximum atomic E-state index is 10.6. The van der Waals surface area contributed by atoms with E-state index in [0.29, 0.717) is 12.8 Å². The van der Waals surface area contributed by atoms with Gasteiger partial charge in [-0.05, 0) is 28.0 Å². The summed E-state index contributed by atoms with van der Waals surface area (Å²) in [5, 5.41) is 0. The van der Waals surface area contributed by atoms with Crippen LogP contribution in [0.1, 0.15) is 32.1 Å². The van der Waals surface area contributed by atoms with Crippen LogP contribution in [0.25, 0.3) is 0 Å². The van der Waals surface area contributed by atoms with Gasteiger partial charge >= 0.3 is 0 Å². The van der Waals surface area contributed by atoms with Crippen LogP contribution in [0, 0.1) is 0 Å². The van der Waals surface area contributed by atoms with Crippen molar-refractivity contribution in [1.29, 1.82) is 0 Å². The SMILES string of the molecule is O=P([O-])([O-])C(OC1CCCCC1)P(=O)([O-])[O-]. The monoisotopic (exact) mass is 270 g/mol. The van der Waals surface area contributed by atoms with Gasteiger partial charge in [-0.2, -0.15) is 0 Å². The van der Waals surface area contributed by atoms with E-state index in [2.05, 4.69) is 4.74 Å². The molecule has 0 radical (unpaired) electrons. The molecular formula is C7H12O7P2-4. The molecule has 1 aliphatic carbocycles. The van der Waals surface area contributed by atoms with Gasteiger partial charge in [0.15, 0.2) is 0 Å². The molecule has 7 nitrogen and oxygen atoms in total. The lowest BCUT2D eigenvalue weighted by Crippen LogP contribution is -2.38. The second-order valence-corrected chi connectivity index (χ2v) is 7.31. The smallest absolute Gasteiger partial charge is 0.111 e. The molecule has 0 aromatic heterocycles. The first-order valence-electron chi connectivity index (χ1n) is 4.90. The molecule has 1 rings (SSSR count). The summed E-state index contributed by atoms with van der Waals surface area (Å²) in [6.07, 6.45) is 2.78. The fraction of sp³-hybridized carbons (Fsp3) is 1.00. The average molecular weight is 270 g/mol. The van der Waals surface area contributed by atoms with Crippen LogP contribution >= 0.6 is 15.2 Å². The van der Waals surface area contributed by atoms with Crippen molar-refractivity contribution in [3.05, 3.63) is 0 Å². The van der Waals surface area contributed by atoms with Gasteiger partial charge < -0.3 is 33.4 Å². The number of hydrogen-bond acceptors (Lipinski definition) is 7. The molecule has 0 atom stereocenters. The molecule has 1 aliphatic rings. The minimum absolute atomic E-state index is 0.469. The molecule has 1 fully saturated rings. The summed E-state index contributed by atoms with van der Waals surface area (Å²) in [5.41, 5.74) is -2.76. The van der Waals surface area contributed by atoms with Crippen LogP contribution in [0.15, 0.2) is 0 Å². The molecule has 16 heavy (non-hydrogen) atoms. The van der Waals surface area contributed by atoms with Crippen molar-refractivity contribution in [1.82, 2.24) is 0 Å². The van der Waals surface area contributed by atoms with E-state index < -0.39 is 26.9 Å². The molecule has 0 saturated heterocycles. The summed E-state index contributed by atoms with van der Waals surface area (Å²) in [6, 6.07) is 0. The molecule has 0 heterocycles. The lowest BCUT2D eigenvalue weighted by atomic mass is 9.98. The first kappa shape index (κ1) is 14.3. The molecule has 9 heteroatoms. The Hall–Kier alpha value is 0.260. The van der Waals surface area contributed by atoms with Gasteiger partial charge in [0.25, 0.3) is 0 Å². The molecule has 0 unspecified atom stereocenters. The molecule has 0 amide bonds. The van der Waals surface area contributed by atoms with Crippen molar-refractivity contribution in [2.45, 2.75) is 43.8 Å². The predicted octanol–water partition coefficient (Wildman–Crippen LogP) is -1.55. The quantitative estimate of drug-likeness (QED) is 0.564. The lowest BCUT2D eigenvalue weighted by molar-refractivity contribution is -0.341. The summed E-state index contributed by atoms with van der Waals surface area (Å²) in [7, 11) is -11.1. The minimum Gasteiger partial charge on any atom is -0.809 e. The Labute approximate surface area is 93.1 Å². The second kappa shape index (κ2) is 5.27. The highest BCUT2D eigenvalue weighted by Gasteiger charge is 2.24. The molecule has 0 bridgehead atoms. The first-order chi connectivity index (χ1) is 7.21. The molecule has 0 N–H and O–H groups in total. The maximum absolute atomic E-state index is 10.6. The van der Waals surface area contributed by atoms with Crippen molar-refractivity contribution in [2.75, 3.05) is 0 Å². The summed E-state index contributed by atoms with van der Waals surface area (Å²) in [4.78, 5) is 42.5. The summed E-state index contributed by atoms with van der Waals surface area (Å²) < 4.78 is 25.9. The van der Waals surface area contributed by atoms with E-state index >= 15 is 0 Å². The van der Waals surface area contributed by atoms with Crippen LogP contribution in [0.5, 0.6) is 0 Å². The Balaban J connectivity index is 2.71. The van der Waals surface area contributed by atoms with E-state index in [9.17, 15) is 28.7 Å². The highest BCUT2D eigenvalue weighted by molar-refractivity contribution is 7.67. The second-order valence-electron chi connectivity index (χ2n) is 3.80. The molecule has 0 aromatic carbocycles. The van der Waals surface area contributed by atoms with Gasteiger partial charge in [-0.15, -0.1) is 0 Å². The van der Waals surface area contributed by atoms with Gasteiger partial charge in [-0.3, -0.25) is 0 Å². The van der Waals surface area contributed by atoms with Crippen LogP contribution in [0.2, 0.25) is 0 Å². The molecule has 0 aliphatic heterocycles. The van der Waals surface area contributed by atoms with E-state index in [1.165, 1.54) is 0 Å². The molecule has 0 spiro atoms. The Kier molecular flexibility index (Phi) is 4.72. The number of hydrogen-bond donors (Lipinski definition) is 0. The van der Waals surface area contributed by atoms with Crippen LogP contribution in [-0.4, -0.2) is 11.7 Å². The average Bonchev–Trinajstić information content (AvgIpc) is 2.12. The van der Waals surface area contributed by atoms with E-state index in [1.807, 2.05) is 0 Å². The fourth-order valence-electron chi connectivity index (χ4n) is 1.70. The Morgan fingerprint density at radius 3 is 1.75 bits per heavy atom. The summed E-state index contributed by atoms with van der Waals surface area (Å²) in [6.45, 7) is 0. The summed E-state index contributed by atoms with van der Waals surface area (Å²) >= 11 is 0. The van der Waals surface area contributed by atoms with Gasteiger partial charge in [0.2, 0.25) is 0 Å².